The molecule has 2 unspecified atom stereocenters. The summed E-state index contributed by atoms with van der Waals surface area (Å²) in [6, 6.07) is 9.87. The fraction of sp³-hybridized carbons (Fsp3) is 0.385. The summed E-state index contributed by atoms with van der Waals surface area (Å²) in [5.74, 6) is 0.511. The first-order valence-electron chi connectivity index (χ1n) is 5.24. The molecule has 1 aliphatic rings. The Balaban J connectivity index is 2.46. The number of carbonyl (C=O) groups is 1. The molecule has 0 saturated heterocycles. The van der Waals surface area contributed by atoms with E-state index < -0.39 is 0 Å². The number of nitrogens with zero attached hydrogens (tertiary/aromatic N) is 1. The normalized spacial score (nSPS) is 24.4. The van der Waals surface area contributed by atoms with E-state index in [1.807, 2.05) is 31.2 Å². The van der Waals surface area contributed by atoms with Crippen molar-refractivity contribution in [2.45, 2.75) is 25.7 Å². The lowest BCUT2D eigenvalue weighted by Crippen LogP contribution is -2.23. The smallest absolute Gasteiger partial charge is 0.165 e. The molecule has 0 aliphatic heterocycles. The van der Waals surface area contributed by atoms with Crippen LogP contribution in [0.15, 0.2) is 24.3 Å². The Morgan fingerprint density at radius 3 is 2.93 bits per heavy atom. The highest BCUT2D eigenvalue weighted by Gasteiger charge is 2.30. The maximum atomic E-state index is 11.9. The molecule has 2 atom stereocenters. The molecule has 0 saturated carbocycles. The molecule has 0 spiro atoms. The standard InChI is InChI=1S/C13H13NO/c1-9-8-10(6-7-14)11-4-2-3-5-12(11)13(9)15/h2-5,9-10H,6,8H2,1H3. The van der Waals surface area contributed by atoms with Crippen LogP contribution in [0.2, 0.25) is 0 Å². The first-order chi connectivity index (χ1) is 7.24. The molecule has 0 amide bonds. The van der Waals surface area contributed by atoms with E-state index in [9.17, 15) is 4.79 Å². The lowest BCUT2D eigenvalue weighted by atomic mass is 9.76. The molecule has 1 aromatic carbocycles. The Morgan fingerprint density at radius 2 is 2.20 bits per heavy atom. The zero-order valence-corrected chi connectivity index (χ0v) is 8.73. The molecule has 1 aliphatic carbocycles. The van der Waals surface area contributed by atoms with Gasteiger partial charge in [0.2, 0.25) is 0 Å². The first kappa shape index (κ1) is 9.92. The molecular formula is C13H13NO. The summed E-state index contributed by atoms with van der Waals surface area (Å²) in [6.45, 7) is 1.95. The van der Waals surface area contributed by atoms with Crippen LogP contribution < -0.4 is 0 Å². The van der Waals surface area contributed by atoms with Gasteiger partial charge in [-0.25, -0.2) is 0 Å². The SMILES string of the molecule is CC1CC(CC#N)c2ccccc2C1=O. The van der Waals surface area contributed by atoms with E-state index in [-0.39, 0.29) is 17.6 Å². The number of Topliss-reactive ketones (excluding diaryl/α,β-unsaturated/α-hetero) is 1. The van der Waals surface area contributed by atoms with Gasteiger partial charge < -0.3 is 0 Å². The maximum absolute atomic E-state index is 11.9. The number of rotatable bonds is 1. The molecule has 0 radical (unpaired) electrons. The lowest BCUT2D eigenvalue weighted by molar-refractivity contribution is 0.0905. The number of hydrogen-bond acceptors (Lipinski definition) is 2. The van der Waals surface area contributed by atoms with Crippen LogP contribution >= 0.6 is 0 Å². The monoisotopic (exact) mass is 199 g/mol. The molecule has 2 nitrogen and oxygen atoms in total. The summed E-state index contributed by atoms with van der Waals surface area (Å²) < 4.78 is 0. The Labute approximate surface area is 89.5 Å². The minimum atomic E-state index is 0.0539. The maximum Gasteiger partial charge on any atom is 0.165 e. The van der Waals surface area contributed by atoms with Crippen LogP contribution in [0.25, 0.3) is 0 Å². The number of benzene rings is 1. The van der Waals surface area contributed by atoms with Crippen LogP contribution in [-0.2, 0) is 0 Å². The Bertz CT molecular complexity index is 430. The quantitative estimate of drug-likeness (QED) is 0.697. The largest absolute Gasteiger partial charge is 0.294 e. The average molecular weight is 199 g/mol. The van der Waals surface area contributed by atoms with E-state index in [4.69, 9.17) is 5.26 Å². The van der Waals surface area contributed by atoms with Gasteiger partial charge in [0.05, 0.1) is 6.07 Å². The highest BCUT2D eigenvalue weighted by atomic mass is 16.1. The minimum Gasteiger partial charge on any atom is -0.294 e. The van der Waals surface area contributed by atoms with Crippen molar-refractivity contribution >= 4 is 5.78 Å². The molecule has 2 rings (SSSR count). The van der Waals surface area contributed by atoms with E-state index in [2.05, 4.69) is 6.07 Å². The van der Waals surface area contributed by atoms with Crippen LogP contribution in [0.4, 0.5) is 0 Å². The van der Waals surface area contributed by atoms with E-state index >= 15 is 0 Å². The van der Waals surface area contributed by atoms with Gasteiger partial charge in [0.15, 0.2) is 5.78 Å². The number of ketones is 1. The zero-order valence-electron chi connectivity index (χ0n) is 8.73. The fourth-order valence-electron chi connectivity index (χ4n) is 2.31. The van der Waals surface area contributed by atoms with Crippen LogP contribution in [0.3, 0.4) is 0 Å². The number of carbonyl (C=O) groups excluding carboxylic acids is 1. The van der Waals surface area contributed by atoms with Crippen LogP contribution in [0, 0.1) is 17.2 Å². The second kappa shape index (κ2) is 3.86. The number of nitriles is 1. The molecule has 76 valence electrons. The second-order valence-electron chi connectivity index (χ2n) is 4.15. The number of hydrogen-bond donors (Lipinski definition) is 0. The summed E-state index contributed by atoms with van der Waals surface area (Å²) in [4.78, 5) is 11.9. The van der Waals surface area contributed by atoms with Crippen molar-refractivity contribution < 1.29 is 4.79 Å². The highest BCUT2D eigenvalue weighted by molar-refractivity contribution is 6.00. The fourth-order valence-corrected chi connectivity index (χ4v) is 2.31. The molecule has 0 fully saturated rings. The first-order valence-corrected chi connectivity index (χ1v) is 5.24. The van der Waals surface area contributed by atoms with E-state index in [1.54, 1.807) is 0 Å². The van der Waals surface area contributed by atoms with Gasteiger partial charge in [0, 0.05) is 17.9 Å². The van der Waals surface area contributed by atoms with E-state index in [0.29, 0.717) is 6.42 Å². The molecule has 2 heteroatoms. The predicted molar refractivity (Wildman–Crippen MR) is 57.5 cm³/mol. The van der Waals surface area contributed by atoms with Crippen molar-refractivity contribution in [2.24, 2.45) is 5.92 Å². The third-order valence-electron chi connectivity index (χ3n) is 3.09. The molecule has 1 aromatic rings. The molecule has 0 aromatic heterocycles. The van der Waals surface area contributed by atoms with Crippen molar-refractivity contribution in [3.8, 4) is 6.07 Å². The van der Waals surface area contributed by atoms with Crippen molar-refractivity contribution in [1.29, 1.82) is 5.26 Å². The van der Waals surface area contributed by atoms with Gasteiger partial charge in [-0.15, -0.1) is 0 Å². The van der Waals surface area contributed by atoms with Crippen molar-refractivity contribution in [1.82, 2.24) is 0 Å². The zero-order chi connectivity index (χ0) is 10.8. The second-order valence-corrected chi connectivity index (χ2v) is 4.15. The third-order valence-corrected chi connectivity index (χ3v) is 3.09. The Hall–Kier alpha value is -1.62. The average Bonchev–Trinajstić information content (AvgIpc) is 2.26. The van der Waals surface area contributed by atoms with Gasteiger partial charge in [0.1, 0.15) is 0 Å². The van der Waals surface area contributed by atoms with Crippen LogP contribution in [-0.4, -0.2) is 5.78 Å². The van der Waals surface area contributed by atoms with Gasteiger partial charge >= 0.3 is 0 Å². The van der Waals surface area contributed by atoms with Crippen molar-refractivity contribution in [3.63, 3.8) is 0 Å². The van der Waals surface area contributed by atoms with Crippen LogP contribution in [0.1, 0.15) is 41.6 Å². The van der Waals surface area contributed by atoms with E-state index in [1.165, 1.54) is 0 Å². The van der Waals surface area contributed by atoms with E-state index in [0.717, 1.165) is 17.5 Å². The molecule has 0 N–H and O–H groups in total. The number of fused-ring (bicyclic) bond motifs is 1. The molecular weight excluding hydrogens is 186 g/mol. The summed E-state index contributed by atoms with van der Waals surface area (Å²) in [7, 11) is 0. The molecule has 0 heterocycles. The summed E-state index contributed by atoms with van der Waals surface area (Å²) in [5, 5.41) is 8.76. The topological polar surface area (TPSA) is 40.9 Å². The Kier molecular flexibility index (Phi) is 2.55. The van der Waals surface area contributed by atoms with Gasteiger partial charge in [-0.05, 0) is 17.9 Å². The minimum absolute atomic E-state index is 0.0539. The van der Waals surface area contributed by atoms with Gasteiger partial charge in [-0.2, -0.15) is 5.26 Å². The van der Waals surface area contributed by atoms with Gasteiger partial charge in [0.25, 0.3) is 0 Å². The van der Waals surface area contributed by atoms with Gasteiger partial charge in [-0.1, -0.05) is 31.2 Å². The van der Waals surface area contributed by atoms with Gasteiger partial charge in [-0.3, -0.25) is 4.79 Å². The van der Waals surface area contributed by atoms with Crippen LogP contribution in [0.5, 0.6) is 0 Å². The highest BCUT2D eigenvalue weighted by Crippen LogP contribution is 2.36. The van der Waals surface area contributed by atoms with Crippen molar-refractivity contribution in [2.75, 3.05) is 0 Å². The molecule has 15 heavy (non-hydrogen) atoms. The van der Waals surface area contributed by atoms with Crippen molar-refractivity contribution in [3.05, 3.63) is 35.4 Å². The summed E-state index contributed by atoms with van der Waals surface area (Å²) >= 11 is 0. The summed E-state index contributed by atoms with van der Waals surface area (Å²) in [6.07, 6.45) is 1.32. The summed E-state index contributed by atoms with van der Waals surface area (Å²) in [5.41, 5.74) is 1.87. The molecule has 0 bridgehead atoms. The third kappa shape index (κ3) is 1.66. The Morgan fingerprint density at radius 1 is 1.47 bits per heavy atom. The lowest BCUT2D eigenvalue weighted by Gasteiger charge is -2.26. The predicted octanol–water partition coefficient (Wildman–Crippen LogP) is 2.91.